The van der Waals surface area contributed by atoms with Crippen molar-refractivity contribution in [3.05, 3.63) is 0 Å². The zero-order valence-corrected chi connectivity index (χ0v) is 10.2. The van der Waals surface area contributed by atoms with Crippen LogP contribution in [0, 0.1) is 0 Å². The summed E-state index contributed by atoms with van der Waals surface area (Å²) in [5.41, 5.74) is 0. The molecule has 2 atom stereocenters. The summed E-state index contributed by atoms with van der Waals surface area (Å²) in [6.45, 7) is 4.49. The molecule has 92 valence electrons. The van der Waals surface area contributed by atoms with Gasteiger partial charge in [-0.05, 0) is 12.8 Å². The smallest absolute Gasteiger partial charge is 0.243 e. The molecule has 2 amide bonds. The van der Waals surface area contributed by atoms with Crippen molar-refractivity contribution < 1.29 is 14.3 Å². The second-order valence-electron chi connectivity index (χ2n) is 3.96. The van der Waals surface area contributed by atoms with E-state index in [0.29, 0.717) is 13.0 Å². The van der Waals surface area contributed by atoms with Gasteiger partial charge in [0.1, 0.15) is 6.04 Å². The highest BCUT2D eigenvalue weighted by atomic mass is 16.5. The summed E-state index contributed by atoms with van der Waals surface area (Å²) in [7, 11) is 1.61. The van der Waals surface area contributed by atoms with Gasteiger partial charge in [0.05, 0.1) is 19.2 Å². The normalized spacial score (nSPS) is 23.2. The molecule has 1 rings (SSSR count). The van der Waals surface area contributed by atoms with E-state index < -0.39 is 0 Å². The number of carbonyl (C=O) groups is 2. The third kappa shape index (κ3) is 2.52. The molecule has 1 aliphatic rings. The molecule has 1 heterocycles. The Labute approximate surface area is 96.1 Å². The molecule has 16 heavy (non-hydrogen) atoms. The maximum Gasteiger partial charge on any atom is 0.243 e. The molecule has 2 unspecified atom stereocenters. The number of amides is 2. The Balaban J connectivity index is 2.85. The van der Waals surface area contributed by atoms with E-state index in [0.717, 1.165) is 6.42 Å². The van der Waals surface area contributed by atoms with E-state index in [1.807, 2.05) is 13.8 Å². The Morgan fingerprint density at radius 1 is 1.50 bits per heavy atom. The molecule has 0 saturated carbocycles. The molecule has 1 N–H and O–H groups in total. The molecule has 0 aromatic heterocycles. The van der Waals surface area contributed by atoms with Crippen molar-refractivity contribution in [3.63, 3.8) is 0 Å². The van der Waals surface area contributed by atoms with Gasteiger partial charge in [0.15, 0.2) is 0 Å². The summed E-state index contributed by atoms with van der Waals surface area (Å²) < 4.78 is 5.10. The lowest BCUT2D eigenvalue weighted by atomic mass is 10.0. The fraction of sp³-hybridized carbons (Fsp3) is 0.818. The van der Waals surface area contributed by atoms with Crippen LogP contribution in [0.4, 0.5) is 0 Å². The number of hydrogen-bond acceptors (Lipinski definition) is 3. The quantitative estimate of drug-likeness (QED) is 0.728. The van der Waals surface area contributed by atoms with Gasteiger partial charge in [0, 0.05) is 7.11 Å². The van der Waals surface area contributed by atoms with Crippen LogP contribution < -0.4 is 5.32 Å². The molecule has 0 aromatic rings. The predicted molar refractivity (Wildman–Crippen MR) is 59.9 cm³/mol. The summed E-state index contributed by atoms with van der Waals surface area (Å²) in [5.74, 6) is -0.0768. The Kier molecular flexibility index (Phi) is 4.73. The topological polar surface area (TPSA) is 58.6 Å². The second-order valence-corrected chi connectivity index (χ2v) is 3.96. The lowest BCUT2D eigenvalue weighted by molar-refractivity contribution is -0.149. The van der Waals surface area contributed by atoms with E-state index in [1.54, 1.807) is 12.0 Å². The maximum absolute atomic E-state index is 11.8. The van der Waals surface area contributed by atoms with Gasteiger partial charge in [0.25, 0.3) is 0 Å². The first kappa shape index (κ1) is 13.0. The van der Waals surface area contributed by atoms with Crippen LogP contribution in [0.25, 0.3) is 0 Å². The van der Waals surface area contributed by atoms with Gasteiger partial charge in [-0.1, -0.05) is 13.8 Å². The molecule has 1 aliphatic heterocycles. The summed E-state index contributed by atoms with van der Waals surface area (Å²) in [5, 5.41) is 2.61. The van der Waals surface area contributed by atoms with Crippen LogP contribution in [0.15, 0.2) is 0 Å². The standard InChI is InChI=1S/C11H20N2O3/c1-4-8(7-16-3)13-9(5-2)11(15)12-6-10(13)14/h8-9H,4-7H2,1-3H3,(H,12,15). The summed E-state index contributed by atoms with van der Waals surface area (Å²) >= 11 is 0. The molecule has 0 aromatic carbocycles. The van der Waals surface area contributed by atoms with Crippen LogP contribution in [0.1, 0.15) is 26.7 Å². The lowest BCUT2D eigenvalue weighted by Gasteiger charge is -2.39. The van der Waals surface area contributed by atoms with Crippen molar-refractivity contribution in [3.8, 4) is 0 Å². The molecule has 1 fully saturated rings. The number of methoxy groups -OCH3 is 1. The third-order valence-corrected chi connectivity index (χ3v) is 2.95. The van der Waals surface area contributed by atoms with Gasteiger partial charge in [0.2, 0.25) is 11.8 Å². The van der Waals surface area contributed by atoms with Gasteiger partial charge in [-0.15, -0.1) is 0 Å². The van der Waals surface area contributed by atoms with Crippen LogP contribution in [-0.4, -0.2) is 49.1 Å². The van der Waals surface area contributed by atoms with E-state index in [4.69, 9.17) is 4.74 Å². The number of nitrogens with zero attached hydrogens (tertiary/aromatic N) is 1. The van der Waals surface area contributed by atoms with Crippen molar-refractivity contribution in [2.45, 2.75) is 38.8 Å². The highest BCUT2D eigenvalue weighted by molar-refractivity contribution is 5.94. The number of ether oxygens (including phenoxy) is 1. The first-order chi connectivity index (χ1) is 7.65. The van der Waals surface area contributed by atoms with Crippen molar-refractivity contribution in [2.75, 3.05) is 20.3 Å². The number of carbonyl (C=O) groups excluding carboxylic acids is 2. The number of nitrogens with one attached hydrogen (secondary N) is 1. The van der Waals surface area contributed by atoms with E-state index >= 15 is 0 Å². The van der Waals surface area contributed by atoms with E-state index in [-0.39, 0.29) is 30.4 Å². The van der Waals surface area contributed by atoms with Gasteiger partial charge in [-0.3, -0.25) is 9.59 Å². The van der Waals surface area contributed by atoms with Crippen LogP contribution in [0.2, 0.25) is 0 Å². The maximum atomic E-state index is 11.8. The Morgan fingerprint density at radius 2 is 2.19 bits per heavy atom. The molecular weight excluding hydrogens is 208 g/mol. The molecule has 0 radical (unpaired) electrons. The van der Waals surface area contributed by atoms with E-state index in [2.05, 4.69) is 5.32 Å². The molecule has 5 nitrogen and oxygen atoms in total. The lowest BCUT2D eigenvalue weighted by Crippen LogP contribution is -2.61. The number of rotatable bonds is 5. The highest BCUT2D eigenvalue weighted by Gasteiger charge is 2.36. The van der Waals surface area contributed by atoms with Gasteiger partial charge in [-0.25, -0.2) is 0 Å². The average molecular weight is 228 g/mol. The van der Waals surface area contributed by atoms with Crippen LogP contribution in [0.5, 0.6) is 0 Å². The molecule has 5 heteroatoms. The summed E-state index contributed by atoms with van der Waals surface area (Å²) in [6.07, 6.45) is 1.43. The SMILES string of the molecule is CCC(COC)N1C(=O)CNC(=O)C1CC. The van der Waals surface area contributed by atoms with Crippen LogP contribution >= 0.6 is 0 Å². The summed E-state index contributed by atoms with van der Waals surface area (Å²) in [4.78, 5) is 25.2. The number of piperazine rings is 1. The zero-order chi connectivity index (χ0) is 12.1. The molecule has 0 spiro atoms. The first-order valence-electron chi connectivity index (χ1n) is 5.73. The molecular formula is C11H20N2O3. The summed E-state index contributed by atoms with van der Waals surface area (Å²) in [6, 6.07) is -0.352. The average Bonchev–Trinajstić information content (AvgIpc) is 2.29. The van der Waals surface area contributed by atoms with Crippen LogP contribution in [-0.2, 0) is 14.3 Å². The fourth-order valence-corrected chi connectivity index (χ4v) is 2.10. The first-order valence-corrected chi connectivity index (χ1v) is 5.73. The second kappa shape index (κ2) is 5.84. The molecule has 0 aliphatic carbocycles. The number of hydrogen-bond donors (Lipinski definition) is 1. The van der Waals surface area contributed by atoms with Crippen molar-refractivity contribution in [1.29, 1.82) is 0 Å². The molecule has 0 bridgehead atoms. The monoisotopic (exact) mass is 228 g/mol. The van der Waals surface area contributed by atoms with Gasteiger partial charge in [-0.2, -0.15) is 0 Å². The Hall–Kier alpha value is -1.10. The van der Waals surface area contributed by atoms with E-state index in [1.165, 1.54) is 0 Å². The van der Waals surface area contributed by atoms with Crippen molar-refractivity contribution >= 4 is 11.8 Å². The van der Waals surface area contributed by atoms with Gasteiger partial charge < -0.3 is 15.0 Å². The highest BCUT2D eigenvalue weighted by Crippen LogP contribution is 2.16. The largest absolute Gasteiger partial charge is 0.383 e. The Bertz CT molecular complexity index is 268. The molecule has 1 saturated heterocycles. The van der Waals surface area contributed by atoms with Crippen LogP contribution in [0.3, 0.4) is 0 Å². The predicted octanol–water partition coefficient (Wildman–Crippen LogP) is 0.148. The third-order valence-electron chi connectivity index (χ3n) is 2.95. The Morgan fingerprint density at radius 3 is 2.69 bits per heavy atom. The van der Waals surface area contributed by atoms with Crippen molar-refractivity contribution in [2.24, 2.45) is 0 Å². The minimum atomic E-state index is -0.346. The van der Waals surface area contributed by atoms with Crippen molar-refractivity contribution in [1.82, 2.24) is 10.2 Å². The van der Waals surface area contributed by atoms with E-state index in [9.17, 15) is 9.59 Å². The zero-order valence-electron chi connectivity index (χ0n) is 10.2. The minimum absolute atomic E-state index is 0.00602. The minimum Gasteiger partial charge on any atom is -0.383 e. The van der Waals surface area contributed by atoms with Gasteiger partial charge >= 0.3 is 0 Å². The fourth-order valence-electron chi connectivity index (χ4n) is 2.10.